The van der Waals surface area contributed by atoms with Crippen molar-refractivity contribution in [1.82, 2.24) is 10.6 Å². The maximum atomic E-state index is 12.3. The highest BCUT2D eigenvalue weighted by atomic mass is 19.4. The van der Waals surface area contributed by atoms with Gasteiger partial charge in [0.25, 0.3) is 0 Å². The molecule has 1 saturated heterocycles. The summed E-state index contributed by atoms with van der Waals surface area (Å²) < 4.78 is 41.6. The highest BCUT2D eigenvalue weighted by molar-refractivity contribution is 5.75. The van der Waals surface area contributed by atoms with Crippen molar-refractivity contribution < 1.29 is 22.7 Å². The molecule has 1 aromatic rings. The van der Waals surface area contributed by atoms with Crippen LogP contribution < -0.4 is 15.4 Å². The monoisotopic (exact) mass is 344 g/mol. The van der Waals surface area contributed by atoms with Crippen LogP contribution in [0.1, 0.15) is 31.2 Å². The van der Waals surface area contributed by atoms with Gasteiger partial charge in [-0.1, -0.05) is 18.2 Å². The van der Waals surface area contributed by atoms with Crippen LogP contribution in [0.3, 0.4) is 0 Å². The second-order valence-corrected chi connectivity index (χ2v) is 6.02. The molecule has 7 heteroatoms. The Bertz CT molecular complexity index is 529. The quantitative estimate of drug-likeness (QED) is 0.799. The number of benzene rings is 1. The van der Waals surface area contributed by atoms with Crippen LogP contribution in [0.15, 0.2) is 24.3 Å². The summed E-state index contributed by atoms with van der Waals surface area (Å²) in [5, 5.41) is 6.04. The number of amides is 1. The number of nitrogens with one attached hydrogen (secondary N) is 2. The Morgan fingerprint density at radius 1 is 1.25 bits per heavy atom. The predicted molar refractivity (Wildman–Crippen MR) is 84.7 cm³/mol. The molecule has 0 radical (unpaired) electrons. The first kappa shape index (κ1) is 18.6. The van der Waals surface area contributed by atoms with E-state index in [1.165, 1.54) is 6.07 Å². The van der Waals surface area contributed by atoms with Gasteiger partial charge in [-0.3, -0.25) is 4.79 Å². The summed E-state index contributed by atoms with van der Waals surface area (Å²) in [5.41, 5.74) is 0.539. The summed E-state index contributed by atoms with van der Waals surface area (Å²) in [6.07, 6.45) is -0.927. The van der Waals surface area contributed by atoms with E-state index in [1.807, 2.05) is 0 Å². The molecule has 0 atom stereocenters. The summed E-state index contributed by atoms with van der Waals surface area (Å²) in [6.45, 7) is 0.819. The Kier molecular flexibility index (Phi) is 6.90. The Balaban J connectivity index is 1.77. The molecule has 1 amide bonds. The normalized spacial score (nSPS) is 16.0. The van der Waals surface area contributed by atoms with Gasteiger partial charge in [-0.2, -0.15) is 13.2 Å². The zero-order chi connectivity index (χ0) is 17.4. The maximum Gasteiger partial charge on any atom is 0.422 e. The molecule has 24 heavy (non-hydrogen) atoms. The van der Waals surface area contributed by atoms with Gasteiger partial charge in [0.1, 0.15) is 5.75 Å². The number of hydrogen-bond acceptors (Lipinski definition) is 3. The van der Waals surface area contributed by atoms with Crippen LogP contribution in [0.25, 0.3) is 0 Å². The van der Waals surface area contributed by atoms with Crippen LogP contribution in [0.2, 0.25) is 0 Å². The number of carbonyl (C=O) groups is 1. The summed E-state index contributed by atoms with van der Waals surface area (Å²) in [5.74, 6) is 0.632. The first-order valence-corrected chi connectivity index (χ1v) is 8.19. The van der Waals surface area contributed by atoms with Crippen LogP contribution in [0, 0.1) is 5.92 Å². The molecule has 2 N–H and O–H groups in total. The summed E-state index contributed by atoms with van der Waals surface area (Å²) in [6, 6.07) is 6.44. The Morgan fingerprint density at radius 2 is 1.96 bits per heavy atom. The SMILES string of the molecule is O=C(CCC1CCNCC1)NCc1ccccc1OCC(F)(F)F. The molecule has 0 bridgehead atoms. The van der Waals surface area contributed by atoms with E-state index in [0.717, 1.165) is 32.4 Å². The van der Waals surface area contributed by atoms with Crippen molar-refractivity contribution in [3.05, 3.63) is 29.8 Å². The van der Waals surface area contributed by atoms with E-state index in [-0.39, 0.29) is 18.2 Å². The lowest BCUT2D eigenvalue weighted by atomic mass is 9.93. The molecule has 1 aliphatic heterocycles. The third-order valence-corrected chi connectivity index (χ3v) is 4.08. The minimum Gasteiger partial charge on any atom is -0.484 e. The van der Waals surface area contributed by atoms with Gasteiger partial charge in [-0.25, -0.2) is 0 Å². The summed E-state index contributed by atoms with van der Waals surface area (Å²) in [7, 11) is 0. The number of piperidine rings is 1. The summed E-state index contributed by atoms with van der Waals surface area (Å²) >= 11 is 0. The molecule has 2 rings (SSSR count). The molecular formula is C17H23F3N2O2. The van der Waals surface area contributed by atoms with Crippen molar-refractivity contribution in [2.24, 2.45) is 5.92 Å². The third-order valence-electron chi connectivity index (χ3n) is 4.08. The molecule has 1 fully saturated rings. The number of rotatable bonds is 7. The van der Waals surface area contributed by atoms with E-state index in [1.54, 1.807) is 18.2 Å². The maximum absolute atomic E-state index is 12.3. The number of ether oxygens (including phenoxy) is 1. The average molecular weight is 344 g/mol. The van der Waals surface area contributed by atoms with Gasteiger partial charge in [0.05, 0.1) is 0 Å². The summed E-state index contributed by atoms with van der Waals surface area (Å²) in [4.78, 5) is 11.9. The molecule has 0 aliphatic carbocycles. The van der Waals surface area contributed by atoms with Crippen LogP contribution in [0.4, 0.5) is 13.2 Å². The Morgan fingerprint density at radius 3 is 2.67 bits per heavy atom. The molecule has 0 aromatic heterocycles. The molecule has 1 aliphatic rings. The minimum atomic E-state index is -4.38. The lowest BCUT2D eigenvalue weighted by Gasteiger charge is -2.22. The van der Waals surface area contributed by atoms with Crippen LogP contribution in [-0.4, -0.2) is 31.8 Å². The van der Waals surface area contributed by atoms with E-state index in [9.17, 15) is 18.0 Å². The zero-order valence-electron chi connectivity index (χ0n) is 13.5. The van der Waals surface area contributed by atoms with Gasteiger partial charge < -0.3 is 15.4 Å². The zero-order valence-corrected chi connectivity index (χ0v) is 13.5. The lowest BCUT2D eigenvalue weighted by molar-refractivity contribution is -0.153. The molecule has 134 valence electrons. The van der Waals surface area contributed by atoms with Crippen molar-refractivity contribution in [2.45, 2.75) is 38.4 Å². The van der Waals surface area contributed by atoms with Crippen molar-refractivity contribution in [3.8, 4) is 5.75 Å². The fraction of sp³-hybridized carbons (Fsp3) is 0.588. The van der Waals surface area contributed by atoms with E-state index in [2.05, 4.69) is 10.6 Å². The molecule has 0 unspecified atom stereocenters. The van der Waals surface area contributed by atoms with Crippen LogP contribution in [0.5, 0.6) is 5.75 Å². The van der Waals surface area contributed by atoms with Crippen molar-refractivity contribution >= 4 is 5.91 Å². The van der Waals surface area contributed by atoms with Crippen LogP contribution in [-0.2, 0) is 11.3 Å². The molecule has 0 saturated carbocycles. The molecule has 1 aromatic carbocycles. The topological polar surface area (TPSA) is 50.4 Å². The van der Waals surface area contributed by atoms with Crippen LogP contribution >= 0.6 is 0 Å². The van der Waals surface area contributed by atoms with Gasteiger partial charge >= 0.3 is 6.18 Å². The van der Waals surface area contributed by atoms with Gasteiger partial charge in [-0.15, -0.1) is 0 Å². The van der Waals surface area contributed by atoms with E-state index in [0.29, 0.717) is 17.9 Å². The highest BCUT2D eigenvalue weighted by Gasteiger charge is 2.28. The van der Waals surface area contributed by atoms with Gasteiger partial charge in [-0.05, 0) is 44.3 Å². The van der Waals surface area contributed by atoms with Gasteiger partial charge in [0, 0.05) is 18.5 Å². The van der Waals surface area contributed by atoms with Crippen molar-refractivity contribution in [2.75, 3.05) is 19.7 Å². The smallest absolute Gasteiger partial charge is 0.422 e. The van der Waals surface area contributed by atoms with Gasteiger partial charge in [0.15, 0.2) is 6.61 Å². The first-order valence-electron chi connectivity index (χ1n) is 8.19. The van der Waals surface area contributed by atoms with Gasteiger partial charge in [0.2, 0.25) is 5.91 Å². The average Bonchev–Trinajstić information content (AvgIpc) is 2.57. The standard InChI is InChI=1S/C17H23F3N2O2/c18-17(19,20)12-24-15-4-2-1-3-14(15)11-22-16(23)6-5-13-7-9-21-10-8-13/h1-4,13,21H,5-12H2,(H,22,23). The fourth-order valence-electron chi connectivity index (χ4n) is 2.74. The molecule has 1 heterocycles. The first-order chi connectivity index (χ1) is 11.4. The number of hydrogen-bond donors (Lipinski definition) is 2. The fourth-order valence-corrected chi connectivity index (χ4v) is 2.74. The predicted octanol–water partition coefficient (Wildman–Crippen LogP) is 3.02. The lowest BCUT2D eigenvalue weighted by Crippen LogP contribution is -2.29. The third kappa shape index (κ3) is 6.78. The highest BCUT2D eigenvalue weighted by Crippen LogP contribution is 2.22. The molecule has 0 spiro atoms. The van der Waals surface area contributed by atoms with E-state index >= 15 is 0 Å². The molecule has 4 nitrogen and oxygen atoms in total. The largest absolute Gasteiger partial charge is 0.484 e. The van der Waals surface area contributed by atoms with E-state index in [4.69, 9.17) is 4.74 Å². The number of para-hydroxylation sites is 1. The van der Waals surface area contributed by atoms with Crippen molar-refractivity contribution in [3.63, 3.8) is 0 Å². The van der Waals surface area contributed by atoms with Crippen molar-refractivity contribution in [1.29, 1.82) is 0 Å². The number of alkyl halides is 3. The number of halogens is 3. The Labute approximate surface area is 139 Å². The second kappa shape index (κ2) is 8.92. The Hall–Kier alpha value is -1.76. The minimum absolute atomic E-state index is 0.0841. The van der Waals surface area contributed by atoms with E-state index < -0.39 is 12.8 Å². The molecular weight excluding hydrogens is 321 g/mol. The second-order valence-electron chi connectivity index (χ2n) is 6.02. The number of carbonyl (C=O) groups excluding carboxylic acids is 1.